The van der Waals surface area contributed by atoms with Crippen LogP contribution in [-0.4, -0.2) is 28.1 Å². The number of carboxylic acid groups (broad SMARTS) is 1. The number of hydrogen-bond acceptors (Lipinski definition) is 4. The van der Waals surface area contributed by atoms with E-state index >= 15 is 0 Å². The standard InChI is InChI=1S/C19H17N3O.C2HF3O2/c1-13-6-8-14(9-7-13)18-12-15(10-11-21-18)22-17-5-3-2-4-16(17)19(20)23;3-2(4,5)1(6)7/h2-12H,1H3,(H2,20,23)(H,21,22);(H,6,7). The number of primary amides is 1. The molecule has 0 saturated carbocycles. The number of aromatic nitrogens is 1. The van der Waals surface area contributed by atoms with Gasteiger partial charge < -0.3 is 16.2 Å². The lowest BCUT2D eigenvalue weighted by molar-refractivity contribution is -0.192. The molecule has 1 amide bonds. The van der Waals surface area contributed by atoms with Crippen molar-refractivity contribution in [1.82, 2.24) is 4.98 Å². The van der Waals surface area contributed by atoms with Crippen molar-refractivity contribution in [2.75, 3.05) is 5.32 Å². The van der Waals surface area contributed by atoms with E-state index in [-0.39, 0.29) is 0 Å². The highest BCUT2D eigenvalue weighted by Gasteiger charge is 2.38. The van der Waals surface area contributed by atoms with Gasteiger partial charge in [-0.25, -0.2) is 4.79 Å². The maximum absolute atomic E-state index is 11.5. The smallest absolute Gasteiger partial charge is 0.475 e. The molecule has 30 heavy (non-hydrogen) atoms. The van der Waals surface area contributed by atoms with Crippen molar-refractivity contribution < 1.29 is 27.9 Å². The highest BCUT2D eigenvalue weighted by molar-refractivity contribution is 5.99. The first-order valence-corrected chi connectivity index (χ1v) is 8.57. The van der Waals surface area contributed by atoms with E-state index in [1.54, 1.807) is 18.3 Å². The van der Waals surface area contributed by atoms with Gasteiger partial charge in [-0.3, -0.25) is 9.78 Å². The molecule has 0 aliphatic carbocycles. The Kier molecular flexibility index (Phi) is 7.13. The SMILES string of the molecule is Cc1ccc(-c2cc(Nc3ccccc3C(N)=O)ccn2)cc1.O=C(O)C(F)(F)F. The molecule has 0 saturated heterocycles. The minimum Gasteiger partial charge on any atom is -0.475 e. The average Bonchev–Trinajstić information content (AvgIpc) is 2.69. The van der Waals surface area contributed by atoms with Crippen molar-refractivity contribution in [3.8, 4) is 11.3 Å². The minimum absolute atomic E-state index is 0.457. The van der Waals surface area contributed by atoms with Gasteiger partial charge in [0, 0.05) is 17.4 Å². The van der Waals surface area contributed by atoms with Gasteiger partial charge >= 0.3 is 12.1 Å². The molecule has 0 unspecified atom stereocenters. The number of hydrogen-bond donors (Lipinski definition) is 3. The van der Waals surface area contributed by atoms with Crippen molar-refractivity contribution in [1.29, 1.82) is 0 Å². The fraction of sp³-hybridized carbons (Fsp3) is 0.0952. The van der Waals surface area contributed by atoms with Crippen molar-refractivity contribution in [2.45, 2.75) is 13.1 Å². The van der Waals surface area contributed by atoms with Crippen molar-refractivity contribution in [3.63, 3.8) is 0 Å². The first kappa shape index (κ1) is 22.4. The lowest BCUT2D eigenvalue weighted by Gasteiger charge is -2.11. The van der Waals surface area contributed by atoms with E-state index in [0.29, 0.717) is 11.3 Å². The number of carboxylic acids is 1. The fourth-order valence-corrected chi connectivity index (χ4v) is 2.35. The second-order valence-electron chi connectivity index (χ2n) is 6.13. The number of alkyl halides is 3. The monoisotopic (exact) mass is 417 g/mol. The molecule has 156 valence electrons. The molecule has 0 aliphatic heterocycles. The zero-order valence-corrected chi connectivity index (χ0v) is 15.8. The van der Waals surface area contributed by atoms with E-state index in [9.17, 15) is 18.0 Å². The molecule has 9 heteroatoms. The number of aliphatic carboxylic acids is 1. The summed E-state index contributed by atoms with van der Waals surface area (Å²) in [6.07, 6.45) is -3.34. The molecule has 0 spiro atoms. The number of anilines is 2. The van der Waals surface area contributed by atoms with Gasteiger partial charge in [0.15, 0.2) is 0 Å². The topological polar surface area (TPSA) is 105 Å². The van der Waals surface area contributed by atoms with Crippen LogP contribution in [0.1, 0.15) is 15.9 Å². The van der Waals surface area contributed by atoms with E-state index in [1.807, 2.05) is 36.4 Å². The van der Waals surface area contributed by atoms with Crippen molar-refractivity contribution >= 4 is 23.3 Å². The average molecular weight is 417 g/mol. The summed E-state index contributed by atoms with van der Waals surface area (Å²) >= 11 is 0. The number of nitrogens with two attached hydrogens (primary N) is 1. The zero-order valence-electron chi connectivity index (χ0n) is 15.8. The summed E-state index contributed by atoms with van der Waals surface area (Å²) < 4.78 is 31.7. The Balaban J connectivity index is 0.000000396. The van der Waals surface area contributed by atoms with E-state index in [1.165, 1.54) is 5.56 Å². The number of halogens is 3. The lowest BCUT2D eigenvalue weighted by atomic mass is 10.1. The van der Waals surface area contributed by atoms with Gasteiger partial charge in [0.05, 0.1) is 16.9 Å². The Morgan fingerprint density at radius 1 is 1.03 bits per heavy atom. The molecule has 3 rings (SSSR count). The summed E-state index contributed by atoms with van der Waals surface area (Å²) in [6, 6.07) is 19.2. The van der Waals surface area contributed by atoms with Gasteiger partial charge in [0.1, 0.15) is 0 Å². The highest BCUT2D eigenvalue weighted by Crippen LogP contribution is 2.24. The van der Waals surface area contributed by atoms with Crippen molar-refractivity contribution in [2.24, 2.45) is 5.73 Å². The Hall–Kier alpha value is -3.88. The summed E-state index contributed by atoms with van der Waals surface area (Å²) in [5.41, 5.74) is 10.5. The Bertz CT molecular complexity index is 1040. The molecular weight excluding hydrogens is 399 g/mol. The van der Waals surface area contributed by atoms with E-state index < -0.39 is 18.1 Å². The van der Waals surface area contributed by atoms with Crippen LogP contribution in [0.3, 0.4) is 0 Å². The second kappa shape index (κ2) is 9.55. The van der Waals surface area contributed by atoms with Gasteiger partial charge in [0.2, 0.25) is 0 Å². The summed E-state index contributed by atoms with van der Waals surface area (Å²) in [6.45, 7) is 2.05. The molecule has 1 aromatic heterocycles. The van der Waals surface area contributed by atoms with Crippen LogP contribution >= 0.6 is 0 Å². The molecule has 3 aromatic rings. The number of benzene rings is 2. The molecule has 0 bridgehead atoms. The van der Waals surface area contributed by atoms with Gasteiger partial charge in [-0.1, -0.05) is 42.0 Å². The third-order valence-corrected chi connectivity index (χ3v) is 3.82. The second-order valence-corrected chi connectivity index (χ2v) is 6.13. The van der Waals surface area contributed by atoms with Gasteiger partial charge in [0.25, 0.3) is 5.91 Å². The van der Waals surface area contributed by atoms with Crippen LogP contribution in [0.5, 0.6) is 0 Å². The van der Waals surface area contributed by atoms with Gasteiger partial charge in [-0.05, 0) is 31.2 Å². The van der Waals surface area contributed by atoms with Crippen LogP contribution in [0, 0.1) is 6.92 Å². The Morgan fingerprint density at radius 3 is 2.20 bits per heavy atom. The number of pyridine rings is 1. The largest absolute Gasteiger partial charge is 0.490 e. The first-order valence-electron chi connectivity index (χ1n) is 8.57. The maximum Gasteiger partial charge on any atom is 0.490 e. The lowest BCUT2D eigenvalue weighted by Crippen LogP contribution is -2.21. The predicted octanol–water partition coefficient (Wildman–Crippen LogP) is 4.53. The van der Waals surface area contributed by atoms with Crippen LogP contribution in [0.15, 0.2) is 66.9 Å². The molecular formula is C21H18F3N3O3. The Morgan fingerprint density at radius 2 is 1.63 bits per heavy atom. The van der Waals surface area contributed by atoms with E-state index in [2.05, 4.69) is 29.4 Å². The maximum atomic E-state index is 11.5. The van der Waals surface area contributed by atoms with Gasteiger partial charge in [-0.2, -0.15) is 13.2 Å². The van der Waals surface area contributed by atoms with Crippen LogP contribution in [0.4, 0.5) is 24.5 Å². The third kappa shape index (κ3) is 6.33. The Labute approximate surface area is 170 Å². The normalized spacial score (nSPS) is 10.5. The van der Waals surface area contributed by atoms with Crippen LogP contribution in [-0.2, 0) is 4.79 Å². The number of nitrogens with zero attached hydrogens (tertiary/aromatic N) is 1. The number of carbonyl (C=O) groups excluding carboxylic acids is 1. The van der Waals surface area contributed by atoms with E-state index in [4.69, 9.17) is 15.6 Å². The van der Waals surface area contributed by atoms with Crippen molar-refractivity contribution in [3.05, 3.63) is 78.0 Å². The number of nitrogens with one attached hydrogen (secondary N) is 1. The van der Waals surface area contributed by atoms with Crippen LogP contribution in [0.2, 0.25) is 0 Å². The number of carbonyl (C=O) groups is 2. The number of amides is 1. The zero-order chi connectivity index (χ0) is 22.3. The molecule has 1 heterocycles. The molecule has 0 aliphatic rings. The molecule has 0 atom stereocenters. The first-order chi connectivity index (χ1) is 14.1. The quantitative estimate of drug-likeness (QED) is 0.578. The molecule has 4 N–H and O–H groups in total. The summed E-state index contributed by atoms with van der Waals surface area (Å²) in [5, 5.41) is 10.4. The minimum atomic E-state index is -5.08. The number of rotatable bonds is 4. The highest BCUT2D eigenvalue weighted by atomic mass is 19.4. The van der Waals surface area contributed by atoms with E-state index in [0.717, 1.165) is 16.9 Å². The molecule has 0 fully saturated rings. The number of aryl methyl sites for hydroxylation is 1. The summed E-state index contributed by atoms with van der Waals surface area (Å²) in [4.78, 5) is 24.8. The fourth-order valence-electron chi connectivity index (χ4n) is 2.35. The van der Waals surface area contributed by atoms with Crippen LogP contribution < -0.4 is 11.1 Å². The summed E-state index contributed by atoms with van der Waals surface area (Å²) in [7, 11) is 0. The molecule has 0 radical (unpaired) electrons. The number of para-hydroxylation sites is 1. The van der Waals surface area contributed by atoms with Crippen LogP contribution in [0.25, 0.3) is 11.3 Å². The summed E-state index contributed by atoms with van der Waals surface area (Å²) in [5.74, 6) is -3.21. The molecule has 2 aromatic carbocycles. The predicted molar refractivity (Wildman–Crippen MR) is 106 cm³/mol. The van der Waals surface area contributed by atoms with Gasteiger partial charge in [-0.15, -0.1) is 0 Å². The third-order valence-electron chi connectivity index (χ3n) is 3.82. The molecule has 6 nitrogen and oxygen atoms in total.